The summed E-state index contributed by atoms with van der Waals surface area (Å²) in [4.78, 5) is 28.2. The molecule has 9 nitrogen and oxygen atoms in total. The van der Waals surface area contributed by atoms with Gasteiger partial charge in [0.15, 0.2) is 0 Å². The molecule has 12 heteroatoms. The number of primary amides is 1. The number of imidazole rings is 1. The number of aromatic nitrogens is 2. The maximum Gasteiger partial charge on any atom is 0.251 e. The first kappa shape index (κ1) is 25.2. The smallest absolute Gasteiger partial charge is 0.251 e. The molecule has 0 saturated carbocycles. The van der Waals surface area contributed by atoms with Crippen molar-refractivity contribution in [2.24, 2.45) is 12.8 Å². The van der Waals surface area contributed by atoms with E-state index in [-0.39, 0.29) is 23.4 Å². The van der Waals surface area contributed by atoms with E-state index in [1.165, 1.54) is 16.4 Å². The zero-order valence-electron chi connectivity index (χ0n) is 18.9. The molecule has 3 rings (SSSR count). The van der Waals surface area contributed by atoms with Crippen LogP contribution in [-0.2, 0) is 28.3 Å². The van der Waals surface area contributed by atoms with Gasteiger partial charge in [-0.05, 0) is 24.3 Å². The molecule has 0 unspecified atom stereocenters. The van der Waals surface area contributed by atoms with E-state index < -0.39 is 39.0 Å². The van der Waals surface area contributed by atoms with Crippen LogP contribution in [0.15, 0.2) is 35.2 Å². The second-order valence-corrected chi connectivity index (χ2v) is 9.49. The Kier molecular flexibility index (Phi) is 7.32. The number of carbonyl (C=O) groups is 2. The highest BCUT2D eigenvalue weighted by molar-refractivity contribution is 7.89. The molecule has 0 aliphatic carbocycles. The zero-order chi connectivity index (χ0) is 25.2. The number of amides is 2. The van der Waals surface area contributed by atoms with Crippen molar-refractivity contribution in [3.63, 3.8) is 0 Å². The summed E-state index contributed by atoms with van der Waals surface area (Å²) in [5.74, 6) is -3.32. The number of anilines is 1. The third-order valence-electron chi connectivity index (χ3n) is 5.46. The Hall–Kier alpha value is -3.38. The van der Waals surface area contributed by atoms with E-state index in [1.807, 2.05) is 0 Å². The molecule has 0 spiro atoms. The normalized spacial score (nSPS) is 11.8. The zero-order valence-corrected chi connectivity index (χ0v) is 19.7. The number of hydrogen-bond acceptors (Lipinski definition) is 5. The van der Waals surface area contributed by atoms with Crippen molar-refractivity contribution in [1.82, 2.24) is 13.9 Å². The molecule has 0 fully saturated rings. The molecule has 3 N–H and O–H groups in total. The number of sulfonamides is 1. The molecule has 1 heterocycles. The van der Waals surface area contributed by atoms with Crippen LogP contribution in [0.1, 0.15) is 36.5 Å². The van der Waals surface area contributed by atoms with Crippen molar-refractivity contribution in [2.75, 3.05) is 18.4 Å². The molecule has 34 heavy (non-hydrogen) atoms. The van der Waals surface area contributed by atoms with E-state index in [1.54, 1.807) is 31.5 Å². The lowest BCUT2D eigenvalue weighted by Gasteiger charge is -2.18. The second kappa shape index (κ2) is 9.85. The maximum atomic E-state index is 14.0. The number of fused-ring (bicyclic) bond motifs is 1. The largest absolute Gasteiger partial charge is 0.366 e. The van der Waals surface area contributed by atoms with Crippen molar-refractivity contribution >= 4 is 38.6 Å². The van der Waals surface area contributed by atoms with Crippen molar-refractivity contribution in [3.8, 4) is 0 Å². The molecule has 3 aromatic rings. The van der Waals surface area contributed by atoms with Crippen LogP contribution in [-0.4, -0.2) is 47.2 Å². The van der Waals surface area contributed by atoms with Gasteiger partial charge in [-0.2, -0.15) is 4.31 Å². The summed E-state index contributed by atoms with van der Waals surface area (Å²) in [6, 6.07) is 5.98. The molecule has 0 aliphatic rings. The number of benzene rings is 2. The Morgan fingerprint density at radius 1 is 1.12 bits per heavy atom. The minimum absolute atomic E-state index is 0.0928. The van der Waals surface area contributed by atoms with Crippen LogP contribution in [0.3, 0.4) is 0 Å². The van der Waals surface area contributed by atoms with Gasteiger partial charge in [-0.1, -0.05) is 13.8 Å². The quantitative estimate of drug-likeness (QED) is 0.474. The molecule has 1 aromatic heterocycles. The minimum Gasteiger partial charge on any atom is -0.366 e. The topological polar surface area (TPSA) is 127 Å². The fourth-order valence-corrected chi connectivity index (χ4v) is 5.08. The van der Waals surface area contributed by atoms with E-state index in [9.17, 15) is 26.8 Å². The lowest BCUT2D eigenvalue weighted by molar-refractivity contribution is -0.116. The summed E-state index contributed by atoms with van der Waals surface area (Å²) in [6.07, 6.45) is 0.0745. The van der Waals surface area contributed by atoms with E-state index in [2.05, 4.69) is 10.3 Å². The van der Waals surface area contributed by atoms with E-state index in [0.29, 0.717) is 36.0 Å². The highest BCUT2D eigenvalue weighted by Gasteiger charge is 2.23. The first-order valence-electron chi connectivity index (χ1n) is 10.5. The van der Waals surface area contributed by atoms with Crippen LogP contribution in [0.4, 0.5) is 14.5 Å². The standard InChI is InChI=1S/C22H25F2N5O4S/c1-4-29(5-2)34(32,33)13-6-7-19-18(10-13)26-20(28(19)3)8-9-21(30)27-17-11-14(22(25)31)15(23)12-16(17)24/h6-7,10-12H,4-5,8-9H2,1-3H3,(H2,25,31)(H,27,30). The van der Waals surface area contributed by atoms with Crippen molar-refractivity contribution in [3.05, 3.63) is 53.4 Å². The predicted molar refractivity (Wildman–Crippen MR) is 123 cm³/mol. The van der Waals surface area contributed by atoms with E-state index in [4.69, 9.17) is 5.73 Å². The number of aryl methyl sites for hydroxylation is 2. The van der Waals surface area contributed by atoms with Crippen LogP contribution in [0.25, 0.3) is 11.0 Å². The van der Waals surface area contributed by atoms with E-state index in [0.717, 1.165) is 6.07 Å². The van der Waals surface area contributed by atoms with Gasteiger partial charge in [-0.15, -0.1) is 0 Å². The molecule has 2 aromatic carbocycles. The molecular formula is C22H25F2N5O4S. The molecular weight excluding hydrogens is 468 g/mol. The third-order valence-corrected chi connectivity index (χ3v) is 7.51. The molecule has 0 bridgehead atoms. The number of nitrogens with two attached hydrogens (primary N) is 1. The molecule has 2 amide bonds. The number of rotatable bonds is 9. The van der Waals surface area contributed by atoms with Crippen molar-refractivity contribution < 1.29 is 26.8 Å². The van der Waals surface area contributed by atoms with Crippen LogP contribution < -0.4 is 11.1 Å². The van der Waals surface area contributed by atoms with Gasteiger partial charge in [0.2, 0.25) is 15.9 Å². The first-order chi connectivity index (χ1) is 16.0. The second-order valence-electron chi connectivity index (χ2n) is 7.55. The summed E-state index contributed by atoms with van der Waals surface area (Å²) < 4.78 is 56.3. The Morgan fingerprint density at radius 2 is 1.79 bits per heavy atom. The lowest BCUT2D eigenvalue weighted by atomic mass is 10.1. The Morgan fingerprint density at radius 3 is 2.41 bits per heavy atom. The van der Waals surface area contributed by atoms with Crippen LogP contribution in [0.2, 0.25) is 0 Å². The van der Waals surface area contributed by atoms with Crippen LogP contribution >= 0.6 is 0 Å². The summed E-state index contributed by atoms with van der Waals surface area (Å²) >= 11 is 0. The van der Waals surface area contributed by atoms with Gasteiger partial charge in [0, 0.05) is 39.0 Å². The van der Waals surface area contributed by atoms with Gasteiger partial charge < -0.3 is 15.6 Å². The summed E-state index contributed by atoms with van der Waals surface area (Å²) in [6.45, 7) is 4.20. The highest BCUT2D eigenvalue weighted by atomic mass is 32.2. The molecule has 0 atom stereocenters. The Balaban J connectivity index is 1.78. The number of halogens is 2. The molecule has 0 radical (unpaired) electrons. The SMILES string of the molecule is CCN(CC)S(=O)(=O)c1ccc2c(c1)nc(CCC(=O)Nc1cc(C(N)=O)c(F)cc1F)n2C. The number of hydrogen-bond donors (Lipinski definition) is 2. The maximum absolute atomic E-state index is 14.0. The number of carbonyl (C=O) groups excluding carboxylic acids is 2. The van der Waals surface area contributed by atoms with Crippen LogP contribution in [0.5, 0.6) is 0 Å². The minimum atomic E-state index is -3.65. The number of nitrogens with zero attached hydrogens (tertiary/aromatic N) is 3. The molecule has 182 valence electrons. The Labute approximate surface area is 195 Å². The van der Waals surface area contributed by atoms with Crippen molar-refractivity contribution in [1.29, 1.82) is 0 Å². The predicted octanol–water partition coefficient (Wildman–Crippen LogP) is 2.55. The van der Waals surface area contributed by atoms with Gasteiger partial charge in [-0.3, -0.25) is 9.59 Å². The summed E-state index contributed by atoms with van der Waals surface area (Å²) in [5, 5.41) is 2.30. The molecule has 0 saturated heterocycles. The summed E-state index contributed by atoms with van der Waals surface area (Å²) in [5.41, 5.74) is 5.30. The Bertz CT molecular complexity index is 1370. The van der Waals surface area contributed by atoms with Gasteiger partial charge in [0.25, 0.3) is 5.91 Å². The monoisotopic (exact) mass is 493 g/mol. The average molecular weight is 494 g/mol. The lowest BCUT2D eigenvalue weighted by Crippen LogP contribution is -2.30. The first-order valence-corrected chi connectivity index (χ1v) is 12.0. The van der Waals surface area contributed by atoms with Crippen LogP contribution in [0, 0.1) is 11.6 Å². The number of nitrogens with one attached hydrogen (secondary N) is 1. The highest BCUT2D eigenvalue weighted by Crippen LogP contribution is 2.23. The summed E-state index contributed by atoms with van der Waals surface area (Å²) in [7, 11) is -1.91. The fourth-order valence-electron chi connectivity index (χ4n) is 3.60. The van der Waals surface area contributed by atoms with E-state index >= 15 is 0 Å². The third kappa shape index (κ3) is 4.92. The van der Waals surface area contributed by atoms with Gasteiger partial charge >= 0.3 is 0 Å². The van der Waals surface area contributed by atoms with Crippen molar-refractivity contribution in [2.45, 2.75) is 31.6 Å². The van der Waals surface area contributed by atoms with Gasteiger partial charge in [0.05, 0.1) is 27.2 Å². The molecule has 0 aliphatic heterocycles. The van der Waals surface area contributed by atoms with Gasteiger partial charge in [0.1, 0.15) is 17.5 Å². The average Bonchev–Trinajstić information content (AvgIpc) is 3.09. The fraction of sp³-hybridized carbons (Fsp3) is 0.318. The van der Waals surface area contributed by atoms with Gasteiger partial charge in [-0.25, -0.2) is 22.2 Å².